The molecule has 0 atom stereocenters. The van der Waals surface area contributed by atoms with Gasteiger partial charge in [0.1, 0.15) is 11.6 Å². The predicted molar refractivity (Wildman–Crippen MR) is 65.9 cm³/mol. The molecule has 2 heterocycles. The summed E-state index contributed by atoms with van der Waals surface area (Å²) in [6.07, 6.45) is 6.92. The van der Waals surface area contributed by atoms with Crippen molar-refractivity contribution >= 4 is 0 Å². The van der Waals surface area contributed by atoms with Crippen LogP contribution in [0.1, 0.15) is 43.1 Å². The van der Waals surface area contributed by atoms with Crippen LogP contribution in [0.3, 0.4) is 0 Å². The van der Waals surface area contributed by atoms with E-state index in [0.29, 0.717) is 0 Å². The molecule has 4 nitrogen and oxygen atoms in total. The second kappa shape index (κ2) is 5.17. The average Bonchev–Trinajstić information content (AvgIpc) is 2.89. The van der Waals surface area contributed by atoms with Gasteiger partial charge in [0.05, 0.1) is 12.2 Å². The maximum absolute atomic E-state index is 5.25. The highest BCUT2D eigenvalue weighted by Gasteiger charge is 2.13. The SMILES string of the molecule is CCCc1nccn1Cc1c(CC)noc1C. The minimum Gasteiger partial charge on any atom is -0.361 e. The van der Waals surface area contributed by atoms with E-state index < -0.39 is 0 Å². The van der Waals surface area contributed by atoms with Crippen LogP contribution in [0.15, 0.2) is 16.9 Å². The molecule has 2 aromatic rings. The van der Waals surface area contributed by atoms with Crippen LogP contribution in [0.25, 0.3) is 0 Å². The van der Waals surface area contributed by atoms with Crippen LogP contribution in [0, 0.1) is 6.92 Å². The first-order valence-corrected chi connectivity index (χ1v) is 6.20. The van der Waals surface area contributed by atoms with Crippen molar-refractivity contribution in [3.05, 3.63) is 35.2 Å². The maximum atomic E-state index is 5.25. The highest BCUT2D eigenvalue weighted by atomic mass is 16.5. The summed E-state index contributed by atoms with van der Waals surface area (Å²) >= 11 is 0. The van der Waals surface area contributed by atoms with Crippen LogP contribution in [0.2, 0.25) is 0 Å². The molecule has 0 saturated heterocycles. The highest BCUT2D eigenvalue weighted by Crippen LogP contribution is 2.16. The van der Waals surface area contributed by atoms with E-state index in [0.717, 1.165) is 43.1 Å². The first-order chi connectivity index (χ1) is 8.26. The van der Waals surface area contributed by atoms with Gasteiger partial charge in [0.15, 0.2) is 0 Å². The second-order valence-corrected chi connectivity index (χ2v) is 4.24. The normalized spacial score (nSPS) is 11.0. The van der Waals surface area contributed by atoms with Gasteiger partial charge in [0, 0.05) is 24.4 Å². The van der Waals surface area contributed by atoms with Crippen molar-refractivity contribution in [2.24, 2.45) is 0 Å². The molecule has 2 aromatic heterocycles. The molecule has 0 spiro atoms. The van der Waals surface area contributed by atoms with E-state index in [-0.39, 0.29) is 0 Å². The Balaban J connectivity index is 2.24. The molecule has 0 aromatic carbocycles. The highest BCUT2D eigenvalue weighted by molar-refractivity contribution is 5.23. The molecular formula is C13H19N3O. The van der Waals surface area contributed by atoms with Crippen LogP contribution in [-0.2, 0) is 19.4 Å². The summed E-state index contributed by atoms with van der Waals surface area (Å²) in [4.78, 5) is 4.38. The summed E-state index contributed by atoms with van der Waals surface area (Å²) in [6, 6.07) is 0. The van der Waals surface area contributed by atoms with E-state index in [4.69, 9.17) is 4.52 Å². The van der Waals surface area contributed by atoms with E-state index in [1.165, 1.54) is 5.56 Å². The minimum absolute atomic E-state index is 0.813. The number of hydrogen-bond acceptors (Lipinski definition) is 3. The van der Waals surface area contributed by atoms with E-state index in [1.54, 1.807) is 0 Å². The molecule has 0 saturated carbocycles. The lowest BCUT2D eigenvalue weighted by Crippen LogP contribution is -2.06. The smallest absolute Gasteiger partial charge is 0.138 e. The standard InChI is InChI=1S/C13H19N3O/c1-4-6-13-14-7-8-16(13)9-11-10(3)17-15-12(11)5-2/h7-8H,4-6,9H2,1-3H3. The molecule has 92 valence electrons. The maximum Gasteiger partial charge on any atom is 0.138 e. The molecule has 0 unspecified atom stereocenters. The van der Waals surface area contributed by atoms with E-state index in [2.05, 4.69) is 28.6 Å². The first-order valence-electron chi connectivity index (χ1n) is 6.20. The molecule has 0 N–H and O–H groups in total. The van der Waals surface area contributed by atoms with Gasteiger partial charge < -0.3 is 9.09 Å². The van der Waals surface area contributed by atoms with Crippen molar-refractivity contribution in [2.75, 3.05) is 0 Å². The fourth-order valence-electron chi connectivity index (χ4n) is 2.02. The topological polar surface area (TPSA) is 43.9 Å². The second-order valence-electron chi connectivity index (χ2n) is 4.24. The number of aromatic nitrogens is 3. The third-order valence-electron chi connectivity index (χ3n) is 3.00. The van der Waals surface area contributed by atoms with Crippen molar-refractivity contribution < 1.29 is 4.52 Å². The molecule has 17 heavy (non-hydrogen) atoms. The zero-order valence-corrected chi connectivity index (χ0v) is 10.7. The Labute approximate surface area is 102 Å². The summed E-state index contributed by atoms with van der Waals surface area (Å²) in [6.45, 7) is 7.05. The molecule has 0 radical (unpaired) electrons. The van der Waals surface area contributed by atoms with Gasteiger partial charge in [0.2, 0.25) is 0 Å². The summed E-state index contributed by atoms with van der Waals surface area (Å²) < 4.78 is 7.43. The Bertz CT molecular complexity index is 485. The lowest BCUT2D eigenvalue weighted by Gasteiger charge is -2.07. The number of nitrogens with zero attached hydrogens (tertiary/aromatic N) is 3. The molecule has 0 aliphatic heterocycles. The number of rotatable bonds is 5. The van der Waals surface area contributed by atoms with Crippen molar-refractivity contribution in [2.45, 2.75) is 46.6 Å². The van der Waals surface area contributed by atoms with Gasteiger partial charge in [-0.3, -0.25) is 0 Å². The van der Waals surface area contributed by atoms with Crippen LogP contribution in [0.5, 0.6) is 0 Å². The minimum atomic E-state index is 0.813. The van der Waals surface area contributed by atoms with Crippen molar-refractivity contribution in [1.82, 2.24) is 14.7 Å². The quantitative estimate of drug-likeness (QED) is 0.797. The summed E-state index contributed by atoms with van der Waals surface area (Å²) in [5.41, 5.74) is 2.25. The van der Waals surface area contributed by atoms with E-state index in [9.17, 15) is 0 Å². The zero-order valence-electron chi connectivity index (χ0n) is 10.7. The third kappa shape index (κ3) is 2.40. The molecule has 0 amide bonds. The van der Waals surface area contributed by atoms with Crippen LogP contribution < -0.4 is 0 Å². The Morgan fingerprint density at radius 1 is 1.35 bits per heavy atom. The molecule has 0 bridgehead atoms. The van der Waals surface area contributed by atoms with Crippen molar-refractivity contribution in [3.63, 3.8) is 0 Å². The monoisotopic (exact) mass is 233 g/mol. The van der Waals surface area contributed by atoms with Gasteiger partial charge in [-0.15, -0.1) is 0 Å². The van der Waals surface area contributed by atoms with Gasteiger partial charge in [0.25, 0.3) is 0 Å². The van der Waals surface area contributed by atoms with Crippen LogP contribution >= 0.6 is 0 Å². The van der Waals surface area contributed by atoms with E-state index in [1.807, 2.05) is 19.3 Å². The van der Waals surface area contributed by atoms with Gasteiger partial charge >= 0.3 is 0 Å². The van der Waals surface area contributed by atoms with E-state index >= 15 is 0 Å². The molecule has 4 heteroatoms. The molecule has 0 aliphatic rings. The van der Waals surface area contributed by atoms with Crippen LogP contribution in [-0.4, -0.2) is 14.7 Å². The van der Waals surface area contributed by atoms with Crippen molar-refractivity contribution in [1.29, 1.82) is 0 Å². The Kier molecular flexibility index (Phi) is 3.61. The van der Waals surface area contributed by atoms with Gasteiger partial charge in [-0.1, -0.05) is 19.0 Å². The lowest BCUT2D eigenvalue weighted by molar-refractivity contribution is 0.390. The number of imidazole rings is 1. The van der Waals surface area contributed by atoms with Crippen molar-refractivity contribution in [3.8, 4) is 0 Å². The average molecular weight is 233 g/mol. The van der Waals surface area contributed by atoms with Gasteiger partial charge in [-0.05, 0) is 19.8 Å². The Morgan fingerprint density at radius 3 is 2.88 bits per heavy atom. The largest absolute Gasteiger partial charge is 0.361 e. The third-order valence-corrected chi connectivity index (χ3v) is 3.00. The Morgan fingerprint density at radius 2 is 2.18 bits per heavy atom. The predicted octanol–water partition coefficient (Wildman–Crippen LogP) is 2.74. The number of hydrogen-bond donors (Lipinski definition) is 0. The summed E-state index contributed by atoms with van der Waals surface area (Å²) in [5, 5.41) is 4.08. The summed E-state index contributed by atoms with van der Waals surface area (Å²) in [5.74, 6) is 2.05. The fourth-order valence-corrected chi connectivity index (χ4v) is 2.02. The molecule has 0 fully saturated rings. The van der Waals surface area contributed by atoms with Gasteiger partial charge in [-0.2, -0.15) is 0 Å². The van der Waals surface area contributed by atoms with Crippen LogP contribution in [0.4, 0.5) is 0 Å². The molecule has 2 rings (SSSR count). The summed E-state index contributed by atoms with van der Waals surface area (Å²) in [7, 11) is 0. The lowest BCUT2D eigenvalue weighted by atomic mass is 10.1. The fraction of sp³-hybridized carbons (Fsp3) is 0.538. The van der Waals surface area contributed by atoms with Gasteiger partial charge in [-0.25, -0.2) is 4.98 Å². The number of aryl methyl sites for hydroxylation is 3. The molecule has 0 aliphatic carbocycles. The zero-order chi connectivity index (χ0) is 12.3. The first kappa shape index (κ1) is 11.9. The molecular weight excluding hydrogens is 214 g/mol. The Hall–Kier alpha value is -1.58.